The topological polar surface area (TPSA) is 101 Å². The van der Waals surface area contributed by atoms with Gasteiger partial charge in [0.25, 0.3) is 5.69 Å². The molecule has 0 N–H and O–H groups in total. The van der Waals surface area contributed by atoms with Gasteiger partial charge in [0, 0.05) is 6.07 Å². The summed E-state index contributed by atoms with van der Waals surface area (Å²) in [6, 6.07) is 10.2. The molecule has 10 heteroatoms. The van der Waals surface area contributed by atoms with Crippen LogP contribution in [0.3, 0.4) is 0 Å². The van der Waals surface area contributed by atoms with Crippen molar-refractivity contribution < 1.29 is 70.6 Å². The third kappa shape index (κ3) is 4.41. The van der Waals surface area contributed by atoms with Crippen molar-refractivity contribution >= 4 is 34.5 Å². The van der Waals surface area contributed by atoms with E-state index in [0.717, 1.165) is 17.8 Å². The van der Waals surface area contributed by atoms with Gasteiger partial charge in [-0.1, -0.05) is 23.9 Å². The zero-order valence-electron chi connectivity index (χ0n) is 14.8. The van der Waals surface area contributed by atoms with E-state index in [0.29, 0.717) is 11.0 Å². The minimum absolute atomic E-state index is 0. The van der Waals surface area contributed by atoms with Crippen molar-refractivity contribution in [2.24, 2.45) is 0 Å². The number of hydrogen-bond donors (Lipinski definition) is 0. The number of nitrogens with zero attached hydrogens (tertiary/aromatic N) is 3. The summed E-state index contributed by atoms with van der Waals surface area (Å²) in [5.74, 6) is -2.10. The van der Waals surface area contributed by atoms with Gasteiger partial charge in [0.1, 0.15) is 0 Å². The number of hydrogen-bond acceptors (Lipinski definition) is 6. The fourth-order valence-electron chi connectivity index (χ4n) is 2.37. The summed E-state index contributed by atoms with van der Waals surface area (Å²) >= 11 is 0.910. The molecule has 0 amide bonds. The molecule has 7 nitrogen and oxygen atoms in total. The molecule has 3 rings (SSSR count). The molecule has 0 radical (unpaired) electrons. The van der Waals surface area contributed by atoms with Gasteiger partial charge in [-0.3, -0.25) is 14.7 Å². The predicted octanol–water partition coefficient (Wildman–Crippen LogP) is -0.303. The number of carbonyl (C=O) groups excluding carboxylic acids is 1. The van der Waals surface area contributed by atoms with Crippen LogP contribution in [0, 0.1) is 15.9 Å². The predicted molar refractivity (Wildman–Crippen MR) is 92.6 cm³/mol. The number of aliphatic carboxylic acids is 1. The second-order valence-corrected chi connectivity index (χ2v) is 7.60. The Bertz CT molecular complexity index is 1040. The fraction of sp³-hybridized carbons (Fsp3) is 0.176. The number of nitro benzene ring substituents is 1. The quantitative estimate of drug-likeness (QED) is 0.246. The molecule has 0 aliphatic rings. The van der Waals surface area contributed by atoms with E-state index in [4.69, 9.17) is 0 Å². The number of imidazole rings is 1. The number of fused-ring (bicyclic) bond motifs is 1. The van der Waals surface area contributed by atoms with E-state index in [1.807, 2.05) is 0 Å². The van der Waals surface area contributed by atoms with E-state index >= 15 is 0 Å². The van der Waals surface area contributed by atoms with Crippen LogP contribution >= 0.6 is 11.8 Å². The zero-order valence-corrected chi connectivity index (χ0v) is 18.7. The largest absolute Gasteiger partial charge is 1.00 e. The molecule has 134 valence electrons. The van der Waals surface area contributed by atoms with Crippen molar-refractivity contribution in [1.29, 1.82) is 0 Å². The minimum atomic E-state index is -1.31. The number of halogens is 1. The number of rotatable bonds is 5. The smallest absolute Gasteiger partial charge is 0.549 e. The Morgan fingerprint density at radius 1 is 1.26 bits per heavy atom. The van der Waals surface area contributed by atoms with Crippen LogP contribution in [0.5, 0.6) is 0 Å². The van der Waals surface area contributed by atoms with E-state index in [1.165, 1.54) is 30.5 Å². The Labute approximate surface area is 200 Å². The molecule has 1 aromatic heterocycles. The molecule has 0 aliphatic carbocycles. The van der Waals surface area contributed by atoms with Crippen LogP contribution in [0.4, 0.5) is 10.1 Å². The first-order valence-corrected chi connectivity index (χ1v) is 8.34. The van der Waals surface area contributed by atoms with Crippen molar-refractivity contribution in [2.45, 2.75) is 23.8 Å². The number of carbonyl (C=O) groups is 1. The molecule has 1 heterocycles. The Balaban J connectivity index is 0.00000261. The molecule has 0 bridgehead atoms. The molecule has 0 unspecified atom stereocenters. The SMILES string of the molecule is CC(C)(Sc1nc2ccccc2n1-c1ccc([N+](=O)[O-])cc1F)C(=O)[O-].[K+]. The van der Waals surface area contributed by atoms with Crippen LogP contribution in [0.1, 0.15) is 13.8 Å². The molecular weight excluding hydrogens is 400 g/mol. The number of benzene rings is 2. The molecule has 0 atom stereocenters. The van der Waals surface area contributed by atoms with Crippen LogP contribution in [0.2, 0.25) is 0 Å². The first-order valence-electron chi connectivity index (χ1n) is 7.53. The molecule has 0 spiro atoms. The van der Waals surface area contributed by atoms with Crippen molar-refractivity contribution in [3.05, 3.63) is 58.4 Å². The number of non-ortho nitro benzene ring substituents is 1. The van der Waals surface area contributed by atoms with Gasteiger partial charge in [-0.05, 0) is 32.0 Å². The fourth-order valence-corrected chi connectivity index (χ4v) is 3.34. The maximum atomic E-state index is 14.6. The summed E-state index contributed by atoms with van der Waals surface area (Å²) in [7, 11) is 0. The number of thioether (sulfide) groups is 1. The third-order valence-electron chi connectivity index (χ3n) is 3.75. The first-order chi connectivity index (χ1) is 12.2. The molecule has 0 saturated heterocycles. The zero-order chi connectivity index (χ0) is 19.1. The van der Waals surface area contributed by atoms with Crippen molar-refractivity contribution in [1.82, 2.24) is 9.55 Å². The summed E-state index contributed by atoms with van der Waals surface area (Å²) in [5, 5.41) is 22.4. The van der Waals surface area contributed by atoms with Crippen LogP contribution in [-0.4, -0.2) is 25.2 Å². The maximum Gasteiger partial charge on any atom is 1.00 e. The summed E-state index contributed by atoms with van der Waals surface area (Å²) in [6.45, 7) is 2.92. The Morgan fingerprint density at radius 2 is 1.93 bits per heavy atom. The normalized spacial score (nSPS) is 11.2. The van der Waals surface area contributed by atoms with Gasteiger partial charge in [-0.25, -0.2) is 9.37 Å². The van der Waals surface area contributed by atoms with Gasteiger partial charge in [0.15, 0.2) is 11.0 Å². The number of nitro groups is 1. The van der Waals surface area contributed by atoms with E-state index < -0.39 is 21.5 Å². The average Bonchev–Trinajstić information content (AvgIpc) is 2.91. The van der Waals surface area contributed by atoms with Crippen LogP contribution < -0.4 is 56.5 Å². The van der Waals surface area contributed by atoms with Crippen LogP contribution in [-0.2, 0) is 4.79 Å². The molecule has 27 heavy (non-hydrogen) atoms. The summed E-state index contributed by atoms with van der Waals surface area (Å²) in [6.07, 6.45) is 0. The van der Waals surface area contributed by atoms with Crippen molar-refractivity contribution in [3.63, 3.8) is 0 Å². The molecule has 0 saturated carbocycles. The van der Waals surface area contributed by atoms with Gasteiger partial charge < -0.3 is 9.90 Å². The summed E-state index contributed by atoms with van der Waals surface area (Å²) < 4.78 is 14.7. The number of carboxylic acids is 1. The molecule has 2 aromatic carbocycles. The summed E-state index contributed by atoms with van der Waals surface area (Å²) in [5.41, 5.74) is 0.764. The second kappa shape index (κ2) is 8.37. The van der Waals surface area contributed by atoms with Crippen molar-refractivity contribution in [2.75, 3.05) is 0 Å². The average molecular weight is 413 g/mol. The molecule has 0 fully saturated rings. The van der Waals surface area contributed by atoms with Crippen LogP contribution in [0.15, 0.2) is 47.6 Å². The molecule has 3 aromatic rings. The number of aromatic nitrogens is 2. The van der Waals surface area contributed by atoms with Gasteiger partial charge in [0.2, 0.25) is 0 Å². The van der Waals surface area contributed by atoms with Gasteiger partial charge in [-0.2, -0.15) is 0 Å². The van der Waals surface area contributed by atoms with Gasteiger partial charge >= 0.3 is 51.4 Å². The standard InChI is InChI=1S/C17H14FN3O4S.K/c1-17(2,15(22)23)26-16-19-12-5-3-4-6-14(12)20(16)13-8-7-10(21(24)25)9-11(13)18;/h3-9H,1-2H3,(H,22,23);/q;+1/p-1. The first kappa shape index (κ1) is 22.0. The van der Waals surface area contributed by atoms with E-state index in [9.17, 15) is 24.4 Å². The Morgan fingerprint density at radius 3 is 2.52 bits per heavy atom. The minimum Gasteiger partial charge on any atom is -0.549 e. The van der Waals surface area contributed by atoms with Gasteiger partial charge in [-0.15, -0.1) is 0 Å². The van der Waals surface area contributed by atoms with Crippen molar-refractivity contribution in [3.8, 4) is 5.69 Å². The Kier molecular flexibility index (Phi) is 6.82. The second-order valence-electron chi connectivity index (χ2n) is 6.01. The number of carboxylic acid groups (broad SMARTS) is 1. The Hall–Kier alpha value is -1.30. The molecular formula is C17H13FKN3O4S. The van der Waals surface area contributed by atoms with E-state index in [2.05, 4.69) is 4.98 Å². The third-order valence-corrected chi connectivity index (χ3v) is 4.88. The van der Waals surface area contributed by atoms with E-state index in [1.54, 1.807) is 24.3 Å². The van der Waals surface area contributed by atoms with Crippen LogP contribution in [0.25, 0.3) is 16.7 Å². The monoisotopic (exact) mass is 413 g/mol. The number of para-hydroxylation sites is 2. The van der Waals surface area contributed by atoms with E-state index in [-0.39, 0.29) is 67.9 Å². The summed E-state index contributed by atoms with van der Waals surface area (Å²) in [4.78, 5) is 25.9. The molecule has 0 aliphatic heterocycles. The maximum absolute atomic E-state index is 14.6. The van der Waals surface area contributed by atoms with Gasteiger partial charge in [0.05, 0.1) is 38.4 Å².